The van der Waals surface area contributed by atoms with Crippen molar-refractivity contribution in [2.75, 3.05) is 32.8 Å². The predicted molar refractivity (Wildman–Crippen MR) is 115 cm³/mol. The molecule has 1 amide bonds. The molecule has 5 nitrogen and oxygen atoms in total. The van der Waals surface area contributed by atoms with Gasteiger partial charge in [-0.25, -0.2) is 0 Å². The van der Waals surface area contributed by atoms with Crippen LogP contribution in [0, 0.1) is 0 Å². The van der Waals surface area contributed by atoms with Gasteiger partial charge >= 0.3 is 6.18 Å². The number of phenols is 1. The maximum Gasteiger partial charge on any atom is 0.422 e. The molecule has 0 spiro atoms. The average molecular weight is 444 g/mol. The molecule has 0 unspecified atom stereocenters. The molecule has 1 aliphatic heterocycles. The van der Waals surface area contributed by atoms with Gasteiger partial charge in [0.1, 0.15) is 11.5 Å². The molecule has 0 radical (unpaired) electrons. The lowest BCUT2D eigenvalue weighted by molar-refractivity contribution is -0.153. The van der Waals surface area contributed by atoms with Crippen LogP contribution in [-0.2, 0) is 6.54 Å². The topological polar surface area (TPSA) is 53.0 Å². The number of nitrogens with zero attached hydrogens (tertiary/aromatic N) is 2. The molecule has 0 aliphatic carbocycles. The Hall–Kier alpha value is -3.26. The van der Waals surface area contributed by atoms with Gasteiger partial charge in [-0.3, -0.25) is 9.69 Å². The first kappa shape index (κ1) is 22.0. The summed E-state index contributed by atoms with van der Waals surface area (Å²) in [5.41, 5.74) is 1.54. The van der Waals surface area contributed by atoms with Crippen LogP contribution < -0.4 is 4.74 Å². The zero-order valence-corrected chi connectivity index (χ0v) is 17.3. The lowest BCUT2D eigenvalue weighted by Crippen LogP contribution is -2.48. The number of fused-ring (bicyclic) bond motifs is 1. The van der Waals surface area contributed by atoms with E-state index in [0.717, 1.165) is 10.9 Å². The van der Waals surface area contributed by atoms with E-state index in [2.05, 4.69) is 4.90 Å². The van der Waals surface area contributed by atoms with E-state index in [9.17, 15) is 23.1 Å². The molecule has 3 aromatic carbocycles. The van der Waals surface area contributed by atoms with Crippen molar-refractivity contribution in [3.05, 3.63) is 71.8 Å². The largest absolute Gasteiger partial charge is 0.507 e. The molecule has 8 heteroatoms. The Kier molecular flexibility index (Phi) is 6.23. The molecule has 32 heavy (non-hydrogen) atoms. The second-order valence-corrected chi connectivity index (χ2v) is 7.79. The summed E-state index contributed by atoms with van der Waals surface area (Å²) in [4.78, 5) is 17.1. The second-order valence-electron chi connectivity index (χ2n) is 7.79. The van der Waals surface area contributed by atoms with Crippen LogP contribution in [0.1, 0.15) is 15.9 Å². The summed E-state index contributed by atoms with van der Waals surface area (Å²) >= 11 is 0. The van der Waals surface area contributed by atoms with Crippen molar-refractivity contribution >= 4 is 16.7 Å². The summed E-state index contributed by atoms with van der Waals surface area (Å²) in [6.45, 7) is 1.85. The van der Waals surface area contributed by atoms with Crippen molar-refractivity contribution in [3.63, 3.8) is 0 Å². The van der Waals surface area contributed by atoms with Gasteiger partial charge in [-0.2, -0.15) is 13.2 Å². The number of amides is 1. The van der Waals surface area contributed by atoms with Gasteiger partial charge in [-0.1, -0.05) is 36.4 Å². The number of aromatic hydroxyl groups is 1. The zero-order chi connectivity index (χ0) is 22.7. The van der Waals surface area contributed by atoms with Gasteiger partial charge in [-0.15, -0.1) is 0 Å². The lowest BCUT2D eigenvalue weighted by Gasteiger charge is -2.35. The number of carbonyl (C=O) groups is 1. The first-order valence-corrected chi connectivity index (χ1v) is 10.3. The summed E-state index contributed by atoms with van der Waals surface area (Å²) in [7, 11) is 0. The van der Waals surface area contributed by atoms with Gasteiger partial charge in [0.25, 0.3) is 5.91 Å². The highest BCUT2D eigenvalue weighted by molar-refractivity contribution is 6.08. The fourth-order valence-corrected chi connectivity index (χ4v) is 3.86. The predicted octanol–water partition coefficient (Wildman–Crippen LogP) is 4.44. The zero-order valence-electron chi connectivity index (χ0n) is 17.3. The normalized spacial score (nSPS) is 15.2. The summed E-state index contributed by atoms with van der Waals surface area (Å²) in [6, 6.07) is 17.1. The van der Waals surface area contributed by atoms with Crippen molar-refractivity contribution in [3.8, 4) is 11.5 Å². The Bertz CT molecular complexity index is 1090. The van der Waals surface area contributed by atoms with E-state index in [1.165, 1.54) is 12.1 Å². The van der Waals surface area contributed by atoms with Gasteiger partial charge in [0, 0.05) is 43.7 Å². The quantitative estimate of drug-likeness (QED) is 0.632. The molecule has 1 heterocycles. The van der Waals surface area contributed by atoms with E-state index in [-0.39, 0.29) is 17.4 Å². The highest BCUT2D eigenvalue weighted by Crippen LogP contribution is 2.28. The van der Waals surface area contributed by atoms with E-state index >= 15 is 0 Å². The average Bonchev–Trinajstić information content (AvgIpc) is 2.79. The lowest BCUT2D eigenvalue weighted by atomic mass is 10.0. The number of phenolic OH excluding ortho intramolecular Hbond substituents is 1. The standard InChI is InChI=1S/C24H23F3N2O3/c25-24(26,27)16-32-18-7-5-17(6-8-18)15-28-11-13-29(14-12-28)23(31)21-9-10-22(30)20-4-2-1-3-19(20)21/h1-10,30H,11-16H2. The smallest absolute Gasteiger partial charge is 0.422 e. The van der Waals surface area contributed by atoms with Gasteiger partial charge in [0.15, 0.2) is 6.61 Å². The number of benzene rings is 3. The number of alkyl halides is 3. The molecule has 1 saturated heterocycles. The second kappa shape index (κ2) is 9.08. The third kappa shape index (κ3) is 5.13. The Morgan fingerprint density at radius 3 is 2.22 bits per heavy atom. The number of hydrogen-bond acceptors (Lipinski definition) is 4. The molecule has 1 fully saturated rings. The first-order chi connectivity index (χ1) is 15.3. The van der Waals surface area contributed by atoms with Crippen LogP contribution in [0.25, 0.3) is 10.8 Å². The molecule has 168 valence electrons. The molecule has 0 saturated carbocycles. The number of rotatable bonds is 5. The van der Waals surface area contributed by atoms with Crippen LogP contribution in [0.2, 0.25) is 0 Å². The SMILES string of the molecule is O=C(c1ccc(O)c2ccccc12)N1CCN(Cc2ccc(OCC(F)(F)F)cc2)CC1. The van der Waals surface area contributed by atoms with Crippen LogP contribution in [0.4, 0.5) is 13.2 Å². The number of halogens is 3. The van der Waals surface area contributed by atoms with E-state index in [1.54, 1.807) is 30.3 Å². The maximum absolute atomic E-state index is 13.1. The molecule has 1 N–H and O–H groups in total. The number of hydrogen-bond donors (Lipinski definition) is 1. The van der Waals surface area contributed by atoms with Crippen LogP contribution in [0.5, 0.6) is 11.5 Å². The fraction of sp³-hybridized carbons (Fsp3) is 0.292. The number of ether oxygens (including phenoxy) is 1. The van der Waals surface area contributed by atoms with Gasteiger partial charge in [0.05, 0.1) is 0 Å². The van der Waals surface area contributed by atoms with Crippen LogP contribution in [-0.4, -0.2) is 59.8 Å². The first-order valence-electron chi connectivity index (χ1n) is 10.3. The Morgan fingerprint density at radius 1 is 0.906 bits per heavy atom. The van der Waals surface area contributed by atoms with E-state index in [0.29, 0.717) is 43.7 Å². The van der Waals surface area contributed by atoms with Crippen molar-refractivity contribution in [1.82, 2.24) is 9.80 Å². The van der Waals surface area contributed by atoms with Crippen molar-refractivity contribution in [1.29, 1.82) is 0 Å². The summed E-state index contributed by atoms with van der Waals surface area (Å²) in [6.07, 6.45) is -4.36. The molecule has 0 bridgehead atoms. The minimum Gasteiger partial charge on any atom is -0.507 e. The highest BCUT2D eigenvalue weighted by atomic mass is 19.4. The van der Waals surface area contributed by atoms with Gasteiger partial charge in [-0.05, 0) is 35.2 Å². The number of piperazine rings is 1. The van der Waals surface area contributed by atoms with Gasteiger partial charge < -0.3 is 14.7 Å². The molecule has 3 aromatic rings. The third-order valence-corrected chi connectivity index (χ3v) is 5.52. The van der Waals surface area contributed by atoms with Gasteiger partial charge in [0.2, 0.25) is 0 Å². The molecular weight excluding hydrogens is 421 g/mol. The summed E-state index contributed by atoms with van der Waals surface area (Å²) in [5.74, 6) is 0.270. The molecule has 0 aromatic heterocycles. The Morgan fingerprint density at radius 2 is 1.56 bits per heavy atom. The molecule has 0 atom stereocenters. The van der Waals surface area contributed by atoms with Crippen LogP contribution >= 0.6 is 0 Å². The van der Waals surface area contributed by atoms with Crippen molar-refractivity contribution in [2.24, 2.45) is 0 Å². The fourth-order valence-electron chi connectivity index (χ4n) is 3.86. The van der Waals surface area contributed by atoms with E-state index in [1.807, 2.05) is 23.1 Å². The summed E-state index contributed by atoms with van der Waals surface area (Å²) in [5, 5.41) is 11.4. The Balaban J connectivity index is 1.34. The molecule has 4 rings (SSSR count). The highest BCUT2D eigenvalue weighted by Gasteiger charge is 2.28. The minimum absolute atomic E-state index is 0.0629. The molecular formula is C24H23F3N2O3. The number of carbonyl (C=O) groups excluding carboxylic acids is 1. The molecule has 1 aliphatic rings. The van der Waals surface area contributed by atoms with E-state index < -0.39 is 12.8 Å². The van der Waals surface area contributed by atoms with Crippen molar-refractivity contribution in [2.45, 2.75) is 12.7 Å². The van der Waals surface area contributed by atoms with Crippen LogP contribution in [0.3, 0.4) is 0 Å². The summed E-state index contributed by atoms with van der Waals surface area (Å²) < 4.78 is 41.5. The monoisotopic (exact) mass is 444 g/mol. The maximum atomic E-state index is 13.1. The third-order valence-electron chi connectivity index (χ3n) is 5.52. The van der Waals surface area contributed by atoms with Crippen LogP contribution in [0.15, 0.2) is 60.7 Å². The minimum atomic E-state index is -4.36. The Labute approximate surface area is 183 Å². The van der Waals surface area contributed by atoms with E-state index in [4.69, 9.17) is 4.74 Å². The van der Waals surface area contributed by atoms with Crippen molar-refractivity contribution < 1.29 is 27.8 Å².